The third-order valence-electron chi connectivity index (χ3n) is 1.67. The molecule has 3 heteroatoms. The zero-order valence-electron chi connectivity index (χ0n) is 8.08. The molecule has 0 unspecified atom stereocenters. The van der Waals surface area contributed by atoms with E-state index in [9.17, 15) is 4.79 Å². The van der Waals surface area contributed by atoms with E-state index in [-0.39, 0.29) is 0 Å². The Morgan fingerprint density at radius 1 is 1.17 bits per heavy atom. The molecule has 72 valence electrons. The van der Waals surface area contributed by atoms with Crippen molar-refractivity contribution in [2.45, 2.75) is 26.7 Å². The lowest BCUT2D eigenvalue weighted by atomic mass is 10.3. The zero-order valence-corrected chi connectivity index (χ0v) is 8.08. The van der Waals surface area contributed by atoms with Gasteiger partial charge in [0.15, 0.2) is 0 Å². The van der Waals surface area contributed by atoms with E-state index in [1.165, 1.54) is 0 Å². The molecule has 0 radical (unpaired) electrons. The van der Waals surface area contributed by atoms with Crippen LogP contribution in [-0.2, 0) is 9.53 Å². The molecule has 0 rings (SSSR count). The van der Waals surface area contributed by atoms with Gasteiger partial charge in [-0.15, -0.1) is 0 Å². The van der Waals surface area contributed by atoms with Crippen LogP contribution in [0.25, 0.3) is 0 Å². The molecule has 0 saturated carbocycles. The highest BCUT2D eigenvalue weighted by atomic mass is 16.5. The monoisotopic (exact) mass is 173 g/mol. The van der Waals surface area contributed by atoms with Crippen molar-refractivity contribution in [2.24, 2.45) is 0 Å². The summed E-state index contributed by atoms with van der Waals surface area (Å²) in [6, 6.07) is 0. The van der Waals surface area contributed by atoms with Crippen LogP contribution >= 0.6 is 0 Å². The maximum absolute atomic E-state index is 9.86. The Labute approximate surface area is 74.7 Å². The van der Waals surface area contributed by atoms with Gasteiger partial charge in [-0.2, -0.15) is 0 Å². The highest BCUT2D eigenvalue weighted by Crippen LogP contribution is 1.93. The Hall–Kier alpha value is -0.570. The fraction of sp³-hybridized carbons (Fsp3) is 0.889. The Morgan fingerprint density at radius 2 is 1.75 bits per heavy atom. The maximum atomic E-state index is 9.86. The quantitative estimate of drug-likeness (QED) is 0.409. The van der Waals surface area contributed by atoms with E-state index >= 15 is 0 Å². The smallest absolute Gasteiger partial charge is 0.293 e. The van der Waals surface area contributed by atoms with Crippen LogP contribution < -0.4 is 0 Å². The number of nitrogens with zero attached hydrogens (tertiary/aromatic N) is 1. The van der Waals surface area contributed by atoms with Crippen LogP contribution in [0.2, 0.25) is 0 Å². The van der Waals surface area contributed by atoms with Gasteiger partial charge in [0.2, 0.25) is 0 Å². The van der Waals surface area contributed by atoms with E-state index in [4.69, 9.17) is 0 Å². The van der Waals surface area contributed by atoms with Gasteiger partial charge in [0.05, 0.1) is 0 Å². The number of rotatable bonds is 8. The van der Waals surface area contributed by atoms with Crippen LogP contribution in [0.15, 0.2) is 0 Å². The van der Waals surface area contributed by atoms with Gasteiger partial charge in [-0.3, -0.25) is 9.69 Å². The average Bonchev–Trinajstić information content (AvgIpc) is 2.06. The predicted octanol–water partition coefficient (Wildman–Crippen LogP) is 1.28. The summed E-state index contributed by atoms with van der Waals surface area (Å²) >= 11 is 0. The van der Waals surface area contributed by atoms with Crippen LogP contribution in [0.5, 0.6) is 0 Å². The first-order chi connectivity index (χ1) is 5.85. The van der Waals surface area contributed by atoms with E-state index in [1.54, 1.807) is 0 Å². The van der Waals surface area contributed by atoms with Crippen molar-refractivity contribution < 1.29 is 9.53 Å². The molecule has 0 atom stereocenters. The number of carbonyl (C=O) groups excluding carboxylic acids is 1. The van der Waals surface area contributed by atoms with Gasteiger partial charge in [0.1, 0.15) is 6.61 Å². The van der Waals surface area contributed by atoms with Crippen LogP contribution in [0.4, 0.5) is 0 Å². The molecule has 0 heterocycles. The van der Waals surface area contributed by atoms with E-state index in [1.807, 2.05) is 0 Å². The summed E-state index contributed by atoms with van der Waals surface area (Å²) < 4.78 is 4.63. The highest BCUT2D eigenvalue weighted by molar-refractivity contribution is 5.36. The highest BCUT2D eigenvalue weighted by Gasteiger charge is 2.00. The molecule has 0 aromatic heterocycles. The van der Waals surface area contributed by atoms with Gasteiger partial charge in [-0.05, 0) is 25.9 Å². The Morgan fingerprint density at radius 3 is 2.17 bits per heavy atom. The zero-order chi connectivity index (χ0) is 9.23. The molecule has 0 aliphatic heterocycles. The minimum Gasteiger partial charge on any atom is -0.467 e. The SMILES string of the molecule is CCCN(CCC)CCOC=O. The minimum absolute atomic E-state index is 0.510. The van der Waals surface area contributed by atoms with E-state index in [0.29, 0.717) is 13.1 Å². The van der Waals surface area contributed by atoms with Crippen LogP contribution in [0.1, 0.15) is 26.7 Å². The summed E-state index contributed by atoms with van der Waals surface area (Å²) in [5, 5.41) is 0. The average molecular weight is 173 g/mol. The lowest BCUT2D eigenvalue weighted by molar-refractivity contribution is -0.129. The van der Waals surface area contributed by atoms with Crippen molar-refractivity contribution in [1.29, 1.82) is 0 Å². The molecule has 0 saturated heterocycles. The van der Waals surface area contributed by atoms with Crippen LogP contribution in [0, 0.1) is 0 Å². The first-order valence-corrected chi connectivity index (χ1v) is 4.62. The first kappa shape index (κ1) is 11.4. The lowest BCUT2D eigenvalue weighted by Crippen LogP contribution is -2.29. The Bertz CT molecular complexity index is 101. The third-order valence-corrected chi connectivity index (χ3v) is 1.67. The standard InChI is InChI=1S/C9H19NO2/c1-3-5-10(6-4-2)7-8-12-9-11/h9H,3-8H2,1-2H3. The van der Waals surface area contributed by atoms with Gasteiger partial charge in [-0.25, -0.2) is 0 Å². The second-order valence-corrected chi connectivity index (χ2v) is 2.81. The van der Waals surface area contributed by atoms with Gasteiger partial charge in [0, 0.05) is 6.54 Å². The summed E-state index contributed by atoms with van der Waals surface area (Å²) in [5.41, 5.74) is 0. The summed E-state index contributed by atoms with van der Waals surface area (Å²) in [4.78, 5) is 12.2. The van der Waals surface area contributed by atoms with Crippen LogP contribution in [0.3, 0.4) is 0 Å². The fourth-order valence-corrected chi connectivity index (χ4v) is 1.20. The number of hydrogen-bond donors (Lipinski definition) is 0. The van der Waals surface area contributed by atoms with Gasteiger partial charge < -0.3 is 4.74 Å². The molecule has 3 nitrogen and oxygen atoms in total. The van der Waals surface area contributed by atoms with Crippen molar-refractivity contribution in [3.63, 3.8) is 0 Å². The number of ether oxygens (including phenoxy) is 1. The van der Waals surface area contributed by atoms with E-state index in [2.05, 4.69) is 23.5 Å². The normalized spacial score (nSPS) is 10.2. The first-order valence-electron chi connectivity index (χ1n) is 4.62. The molecule has 0 bridgehead atoms. The molecule has 0 N–H and O–H groups in total. The second-order valence-electron chi connectivity index (χ2n) is 2.81. The van der Waals surface area contributed by atoms with Crippen molar-refractivity contribution in [3.8, 4) is 0 Å². The van der Waals surface area contributed by atoms with Crippen molar-refractivity contribution in [1.82, 2.24) is 4.90 Å². The topological polar surface area (TPSA) is 29.5 Å². The summed E-state index contributed by atoms with van der Waals surface area (Å²) in [7, 11) is 0. The molecule has 0 aromatic rings. The van der Waals surface area contributed by atoms with Crippen molar-refractivity contribution >= 4 is 6.47 Å². The molecule has 0 aliphatic carbocycles. The number of hydrogen-bond acceptors (Lipinski definition) is 3. The number of carbonyl (C=O) groups is 1. The lowest BCUT2D eigenvalue weighted by Gasteiger charge is -2.19. The minimum atomic E-state index is 0.510. The third kappa shape index (κ3) is 6.16. The maximum Gasteiger partial charge on any atom is 0.293 e. The summed E-state index contributed by atoms with van der Waals surface area (Å²) in [5.74, 6) is 0. The molecular formula is C9H19NO2. The van der Waals surface area contributed by atoms with E-state index in [0.717, 1.165) is 32.5 Å². The molecule has 12 heavy (non-hydrogen) atoms. The van der Waals surface area contributed by atoms with E-state index < -0.39 is 0 Å². The molecule has 0 amide bonds. The largest absolute Gasteiger partial charge is 0.467 e. The molecule has 0 fully saturated rings. The van der Waals surface area contributed by atoms with Crippen molar-refractivity contribution in [2.75, 3.05) is 26.2 Å². The molecule has 0 aliphatic rings. The van der Waals surface area contributed by atoms with Gasteiger partial charge >= 0.3 is 0 Å². The Balaban J connectivity index is 3.40. The summed E-state index contributed by atoms with van der Waals surface area (Å²) in [6.07, 6.45) is 2.31. The molecule has 0 spiro atoms. The summed E-state index contributed by atoms with van der Waals surface area (Å²) in [6.45, 7) is 8.39. The van der Waals surface area contributed by atoms with Crippen molar-refractivity contribution in [3.05, 3.63) is 0 Å². The fourth-order valence-electron chi connectivity index (χ4n) is 1.20. The molecular weight excluding hydrogens is 154 g/mol. The predicted molar refractivity (Wildman–Crippen MR) is 49.0 cm³/mol. The second kappa shape index (κ2) is 8.53. The Kier molecular flexibility index (Phi) is 8.12. The van der Waals surface area contributed by atoms with Gasteiger partial charge in [0.25, 0.3) is 6.47 Å². The van der Waals surface area contributed by atoms with Gasteiger partial charge in [-0.1, -0.05) is 13.8 Å². The molecule has 0 aromatic carbocycles. The van der Waals surface area contributed by atoms with Crippen LogP contribution in [-0.4, -0.2) is 37.6 Å².